The van der Waals surface area contributed by atoms with E-state index in [9.17, 15) is 4.79 Å². The molecule has 1 amide bonds. The van der Waals surface area contributed by atoms with Crippen molar-refractivity contribution in [2.45, 2.75) is 43.7 Å². The van der Waals surface area contributed by atoms with Crippen LogP contribution in [0.25, 0.3) is 0 Å². The van der Waals surface area contributed by atoms with Gasteiger partial charge in [0, 0.05) is 19.3 Å². The summed E-state index contributed by atoms with van der Waals surface area (Å²) >= 11 is 1.72. The number of hydrogen-bond acceptors (Lipinski definition) is 4. The Morgan fingerprint density at radius 1 is 1.48 bits per heavy atom. The summed E-state index contributed by atoms with van der Waals surface area (Å²) in [5, 5.41) is 1.03. The summed E-state index contributed by atoms with van der Waals surface area (Å²) < 4.78 is 0. The molecule has 21 heavy (non-hydrogen) atoms. The molecule has 2 heterocycles. The van der Waals surface area contributed by atoms with Crippen LogP contribution in [0.3, 0.4) is 0 Å². The number of rotatable bonds is 6. The molecule has 0 spiro atoms. The Labute approximate surface area is 131 Å². The zero-order valence-corrected chi connectivity index (χ0v) is 13.5. The number of carbonyl (C=O) groups excluding carboxylic acids is 1. The Bertz CT molecular complexity index is 432. The number of likely N-dealkylation sites (tertiary alicyclic amines) is 1. The van der Waals surface area contributed by atoms with Gasteiger partial charge >= 0.3 is 0 Å². The lowest BCUT2D eigenvalue weighted by Gasteiger charge is -2.32. The Morgan fingerprint density at radius 2 is 2.24 bits per heavy atom. The topological polar surface area (TPSA) is 59.2 Å². The van der Waals surface area contributed by atoms with Gasteiger partial charge in [-0.05, 0) is 49.5 Å². The van der Waals surface area contributed by atoms with E-state index in [2.05, 4.69) is 11.9 Å². The second-order valence-corrected chi connectivity index (χ2v) is 6.89. The molecule has 0 saturated carbocycles. The second-order valence-electron chi connectivity index (χ2n) is 5.77. The van der Waals surface area contributed by atoms with Crippen molar-refractivity contribution in [3.63, 3.8) is 0 Å². The molecule has 1 fully saturated rings. The highest BCUT2D eigenvalue weighted by atomic mass is 32.2. The van der Waals surface area contributed by atoms with Crippen LogP contribution in [0.1, 0.15) is 32.6 Å². The third-order valence-electron chi connectivity index (χ3n) is 3.96. The fraction of sp³-hybridized carbons (Fsp3) is 0.625. The average molecular weight is 307 g/mol. The number of nitrogens with two attached hydrogens (primary N) is 1. The van der Waals surface area contributed by atoms with Gasteiger partial charge in [0.05, 0.1) is 11.1 Å². The van der Waals surface area contributed by atoms with Crippen LogP contribution in [0.4, 0.5) is 0 Å². The Hall–Kier alpha value is -1.07. The monoisotopic (exact) mass is 307 g/mol. The summed E-state index contributed by atoms with van der Waals surface area (Å²) in [6.45, 7) is 3.99. The molecule has 2 rings (SSSR count). The van der Waals surface area contributed by atoms with E-state index in [4.69, 9.17) is 5.73 Å². The first kappa shape index (κ1) is 16.3. The van der Waals surface area contributed by atoms with Crippen LogP contribution in [0, 0.1) is 5.92 Å². The molecule has 0 bridgehead atoms. The predicted octanol–water partition coefficient (Wildman–Crippen LogP) is 2.54. The molecule has 4 nitrogen and oxygen atoms in total. The van der Waals surface area contributed by atoms with Crippen molar-refractivity contribution in [2.75, 3.05) is 18.8 Å². The molecule has 1 atom stereocenters. The van der Waals surface area contributed by atoms with Gasteiger partial charge in [-0.1, -0.05) is 13.0 Å². The van der Waals surface area contributed by atoms with Crippen LogP contribution in [-0.4, -0.2) is 40.7 Å². The Morgan fingerprint density at radius 3 is 2.90 bits per heavy atom. The quantitative estimate of drug-likeness (QED) is 0.648. The fourth-order valence-corrected chi connectivity index (χ4v) is 3.33. The third kappa shape index (κ3) is 5.32. The summed E-state index contributed by atoms with van der Waals surface area (Å²) in [6, 6.07) is 5.56. The summed E-state index contributed by atoms with van der Waals surface area (Å²) in [5.41, 5.74) is 6.05. The van der Waals surface area contributed by atoms with Gasteiger partial charge in [-0.15, -0.1) is 11.8 Å². The molecule has 1 aromatic rings. The van der Waals surface area contributed by atoms with Crippen molar-refractivity contribution in [3.05, 3.63) is 24.4 Å². The van der Waals surface area contributed by atoms with Crippen LogP contribution in [0.15, 0.2) is 29.4 Å². The zero-order chi connectivity index (χ0) is 15.1. The maximum atomic E-state index is 12.3. The van der Waals surface area contributed by atoms with Crippen LogP contribution in [0.2, 0.25) is 0 Å². The molecular formula is C16H25N3OS. The SMILES string of the molecule is CC1CCN(C(=O)C(N)CCCSc2ccccn2)CC1. The van der Waals surface area contributed by atoms with Crippen LogP contribution in [0.5, 0.6) is 0 Å². The number of thioether (sulfide) groups is 1. The molecule has 1 aliphatic heterocycles. The van der Waals surface area contributed by atoms with Crippen LogP contribution >= 0.6 is 11.8 Å². The van der Waals surface area contributed by atoms with Gasteiger partial charge in [-0.3, -0.25) is 4.79 Å². The van der Waals surface area contributed by atoms with E-state index in [1.54, 1.807) is 18.0 Å². The van der Waals surface area contributed by atoms with Gasteiger partial charge in [0.1, 0.15) is 0 Å². The first-order chi connectivity index (χ1) is 10.2. The first-order valence-corrected chi connectivity index (χ1v) is 8.73. The smallest absolute Gasteiger partial charge is 0.239 e. The molecular weight excluding hydrogens is 282 g/mol. The number of piperidine rings is 1. The molecule has 0 radical (unpaired) electrons. The van der Waals surface area contributed by atoms with Gasteiger partial charge < -0.3 is 10.6 Å². The minimum Gasteiger partial charge on any atom is -0.341 e. The molecule has 0 aromatic carbocycles. The van der Waals surface area contributed by atoms with Gasteiger partial charge in [-0.25, -0.2) is 4.98 Å². The van der Waals surface area contributed by atoms with E-state index in [1.165, 1.54) is 0 Å². The normalized spacial score (nSPS) is 17.7. The van der Waals surface area contributed by atoms with Crippen molar-refractivity contribution in [1.29, 1.82) is 0 Å². The summed E-state index contributed by atoms with van der Waals surface area (Å²) in [4.78, 5) is 18.5. The fourth-order valence-electron chi connectivity index (χ4n) is 2.50. The standard InChI is InChI=1S/C16H25N3OS/c1-13-7-10-19(11-8-13)16(20)14(17)5-4-12-21-15-6-2-3-9-18-15/h2-3,6,9,13-14H,4-5,7-8,10-12,17H2,1H3. The molecule has 1 aromatic heterocycles. The minimum absolute atomic E-state index is 0.129. The number of carbonyl (C=O) groups is 1. The third-order valence-corrected chi connectivity index (χ3v) is 4.99. The highest BCUT2D eigenvalue weighted by molar-refractivity contribution is 7.99. The van der Waals surface area contributed by atoms with Crippen molar-refractivity contribution in [2.24, 2.45) is 11.7 Å². The largest absolute Gasteiger partial charge is 0.341 e. The molecule has 1 unspecified atom stereocenters. The average Bonchev–Trinajstić information content (AvgIpc) is 2.52. The van der Waals surface area contributed by atoms with Gasteiger partial charge in [0.15, 0.2) is 0 Å². The van der Waals surface area contributed by atoms with Crippen LogP contribution < -0.4 is 5.73 Å². The Balaban J connectivity index is 1.64. The Kier molecular flexibility index (Phi) is 6.51. The molecule has 0 aliphatic carbocycles. The van der Waals surface area contributed by atoms with Crippen molar-refractivity contribution < 1.29 is 4.79 Å². The van der Waals surface area contributed by atoms with E-state index in [1.807, 2.05) is 23.1 Å². The zero-order valence-electron chi connectivity index (χ0n) is 12.7. The number of aromatic nitrogens is 1. The summed E-state index contributed by atoms with van der Waals surface area (Å²) in [5.74, 6) is 1.82. The number of pyridine rings is 1. The molecule has 116 valence electrons. The van der Waals surface area contributed by atoms with Gasteiger partial charge in [-0.2, -0.15) is 0 Å². The van der Waals surface area contributed by atoms with Crippen LogP contribution in [-0.2, 0) is 4.79 Å². The molecule has 5 heteroatoms. The number of nitrogens with zero attached hydrogens (tertiary/aromatic N) is 2. The van der Waals surface area contributed by atoms with E-state index >= 15 is 0 Å². The lowest BCUT2D eigenvalue weighted by atomic mass is 9.98. The first-order valence-electron chi connectivity index (χ1n) is 7.75. The van der Waals surface area contributed by atoms with E-state index in [0.717, 1.165) is 55.5 Å². The van der Waals surface area contributed by atoms with Crippen molar-refractivity contribution in [1.82, 2.24) is 9.88 Å². The summed E-state index contributed by atoms with van der Waals surface area (Å²) in [6.07, 6.45) is 5.71. The summed E-state index contributed by atoms with van der Waals surface area (Å²) in [7, 11) is 0. The molecule has 1 saturated heterocycles. The minimum atomic E-state index is -0.345. The van der Waals surface area contributed by atoms with E-state index < -0.39 is 0 Å². The van der Waals surface area contributed by atoms with Crippen molar-refractivity contribution >= 4 is 17.7 Å². The molecule has 2 N–H and O–H groups in total. The number of hydrogen-bond donors (Lipinski definition) is 1. The van der Waals surface area contributed by atoms with Gasteiger partial charge in [0.25, 0.3) is 0 Å². The predicted molar refractivity (Wildman–Crippen MR) is 87.1 cm³/mol. The maximum absolute atomic E-state index is 12.3. The highest BCUT2D eigenvalue weighted by Crippen LogP contribution is 2.18. The lowest BCUT2D eigenvalue weighted by Crippen LogP contribution is -2.47. The maximum Gasteiger partial charge on any atom is 0.239 e. The van der Waals surface area contributed by atoms with E-state index in [-0.39, 0.29) is 11.9 Å². The van der Waals surface area contributed by atoms with E-state index in [0.29, 0.717) is 0 Å². The number of amides is 1. The second kappa shape index (κ2) is 8.39. The lowest BCUT2D eigenvalue weighted by molar-refractivity contribution is -0.134. The molecule has 1 aliphatic rings. The van der Waals surface area contributed by atoms with Gasteiger partial charge in [0.2, 0.25) is 5.91 Å². The van der Waals surface area contributed by atoms with Crippen molar-refractivity contribution in [3.8, 4) is 0 Å². The highest BCUT2D eigenvalue weighted by Gasteiger charge is 2.24.